The van der Waals surface area contributed by atoms with Crippen molar-refractivity contribution >= 4 is 24.8 Å². The van der Waals surface area contributed by atoms with Gasteiger partial charge in [-0.1, -0.05) is 45.0 Å². The van der Waals surface area contributed by atoms with Crippen LogP contribution in [0.3, 0.4) is 0 Å². The average molecular weight is 293 g/mol. The maximum Gasteiger partial charge on any atom is 0.0464 e. The zero-order valence-electron chi connectivity index (χ0n) is 11.9. The van der Waals surface area contributed by atoms with Crippen LogP contribution < -0.4 is 5.73 Å². The first-order valence-electron chi connectivity index (χ1n) is 5.83. The van der Waals surface area contributed by atoms with Crippen molar-refractivity contribution < 1.29 is 0 Å². The Kier molecular flexibility index (Phi) is 8.91. The van der Waals surface area contributed by atoms with Crippen LogP contribution in [-0.2, 0) is 5.41 Å². The molecule has 1 rings (SSSR count). The van der Waals surface area contributed by atoms with E-state index < -0.39 is 0 Å². The van der Waals surface area contributed by atoms with Crippen LogP contribution in [0.15, 0.2) is 24.3 Å². The van der Waals surface area contributed by atoms with Crippen LogP contribution in [0.25, 0.3) is 0 Å². The van der Waals surface area contributed by atoms with Crippen molar-refractivity contribution in [2.24, 2.45) is 5.73 Å². The zero-order chi connectivity index (χ0) is 12.3. The highest BCUT2D eigenvalue weighted by Crippen LogP contribution is 2.24. The van der Waals surface area contributed by atoms with Crippen molar-refractivity contribution in [2.75, 3.05) is 20.6 Å². The minimum Gasteiger partial charge on any atom is -0.329 e. The van der Waals surface area contributed by atoms with E-state index in [4.69, 9.17) is 5.73 Å². The Labute approximate surface area is 124 Å². The predicted molar refractivity (Wildman–Crippen MR) is 85.1 cm³/mol. The molecule has 0 aliphatic carbocycles. The summed E-state index contributed by atoms with van der Waals surface area (Å²) in [5, 5.41) is 0. The molecule has 4 heteroatoms. The number of rotatable bonds is 3. The second kappa shape index (κ2) is 8.00. The first-order valence-corrected chi connectivity index (χ1v) is 5.83. The third-order valence-electron chi connectivity index (χ3n) is 3.01. The normalized spacial score (nSPS) is 12.6. The first-order chi connectivity index (χ1) is 7.36. The van der Waals surface area contributed by atoms with Gasteiger partial charge in [0, 0.05) is 12.6 Å². The lowest BCUT2D eigenvalue weighted by Crippen LogP contribution is -2.27. The lowest BCUT2D eigenvalue weighted by Gasteiger charge is -2.25. The van der Waals surface area contributed by atoms with Gasteiger partial charge in [0.1, 0.15) is 0 Å². The minimum atomic E-state index is 0. The summed E-state index contributed by atoms with van der Waals surface area (Å²) in [5.41, 5.74) is 8.66. The van der Waals surface area contributed by atoms with Gasteiger partial charge in [0.2, 0.25) is 0 Å². The Hall–Kier alpha value is -0.280. The Morgan fingerprint density at radius 3 is 1.78 bits per heavy atom. The maximum atomic E-state index is 5.79. The molecule has 0 aliphatic rings. The largest absolute Gasteiger partial charge is 0.329 e. The highest BCUT2D eigenvalue weighted by atomic mass is 35.5. The Bertz CT molecular complexity index is 329. The number of hydrogen-bond donors (Lipinski definition) is 1. The molecule has 2 N–H and O–H groups in total. The fraction of sp³-hybridized carbons (Fsp3) is 0.571. The molecular formula is C14H26Cl2N2. The number of nitrogens with two attached hydrogens (primary N) is 1. The molecule has 18 heavy (non-hydrogen) atoms. The van der Waals surface area contributed by atoms with Crippen LogP contribution >= 0.6 is 24.8 Å². The Morgan fingerprint density at radius 1 is 1.06 bits per heavy atom. The summed E-state index contributed by atoms with van der Waals surface area (Å²) in [6.07, 6.45) is 0. The molecular weight excluding hydrogens is 267 g/mol. The molecule has 0 saturated carbocycles. The highest BCUT2D eigenvalue weighted by molar-refractivity contribution is 5.85. The summed E-state index contributed by atoms with van der Waals surface area (Å²) in [5.74, 6) is 0. The van der Waals surface area contributed by atoms with Gasteiger partial charge in [-0.05, 0) is 30.6 Å². The predicted octanol–water partition coefficient (Wildman–Crippen LogP) is 3.39. The molecule has 0 aromatic heterocycles. The smallest absolute Gasteiger partial charge is 0.0464 e. The molecule has 0 amide bonds. The molecule has 1 aromatic rings. The topological polar surface area (TPSA) is 29.3 Å². The van der Waals surface area contributed by atoms with Crippen LogP contribution in [0, 0.1) is 0 Å². The van der Waals surface area contributed by atoms with Crippen molar-refractivity contribution in [3.05, 3.63) is 35.4 Å². The minimum absolute atomic E-state index is 0. The second-order valence-electron chi connectivity index (χ2n) is 5.59. The van der Waals surface area contributed by atoms with Crippen LogP contribution in [0.4, 0.5) is 0 Å². The van der Waals surface area contributed by atoms with E-state index in [1.54, 1.807) is 0 Å². The van der Waals surface area contributed by atoms with Crippen LogP contribution in [0.2, 0.25) is 0 Å². The van der Waals surface area contributed by atoms with E-state index in [1.165, 1.54) is 11.1 Å². The summed E-state index contributed by atoms with van der Waals surface area (Å²) in [7, 11) is 4.13. The molecule has 1 atom stereocenters. The van der Waals surface area contributed by atoms with Gasteiger partial charge in [0.15, 0.2) is 0 Å². The fourth-order valence-electron chi connectivity index (χ4n) is 1.85. The molecule has 106 valence electrons. The summed E-state index contributed by atoms with van der Waals surface area (Å²) in [6.45, 7) is 7.35. The fourth-order valence-corrected chi connectivity index (χ4v) is 1.85. The van der Waals surface area contributed by atoms with Gasteiger partial charge in [-0.2, -0.15) is 0 Å². The van der Waals surface area contributed by atoms with E-state index in [2.05, 4.69) is 64.0 Å². The summed E-state index contributed by atoms with van der Waals surface area (Å²) >= 11 is 0. The van der Waals surface area contributed by atoms with Crippen molar-refractivity contribution in [1.82, 2.24) is 4.90 Å². The number of hydrogen-bond acceptors (Lipinski definition) is 2. The van der Waals surface area contributed by atoms with E-state index >= 15 is 0 Å². The zero-order valence-corrected chi connectivity index (χ0v) is 13.6. The van der Waals surface area contributed by atoms with E-state index in [-0.39, 0.29) is 30.2 Å². The summed E-state index contributed by atoms with van der Waals surface area (Å²) in [6, 6.07) is 9.12. The summed E-state index contributed by atoms with van der Waals surface area (Å²) in [4.78, 5) is 2.16. The number of halogens is 2. The molecule has 0 aliphatic heterocycles. The van der Waals surface area contributed by atoms with Gasteiger partial charge in [-0.15, -0.1) is 24.8 Å². The molecule has 0 bridgehead atoms. The Morgan fingerprint density at radius 2 is 1.50 bits per heavy atom. The number of likely N-dealkylation sites (N-methyl/N-ethyl adjacent to an activating group) is 1. The summed E-state index contributed by atoms with van der Waals surface area (Å²) < 4.78 is 0. The van der Waals surface area contributed by atoms with Crippen LogP contribution in [-0.4, -0.2) is 25.5 Å². The molecule has 1 aromatic carbocycles. The highest BCUT2D eigenvalue weighted by Gasteiger charge is 2.15. The van der Waals surface area contributed by atoms with Crippen molar-refractivity contribution in [3.8, 4) is 0 Å². The molecule has 0 radical (unpaired) electrons. The average Bonchev–Trinajstić information content (AvgIpc) is 2.17. The van der Waals surface area contributed by atoms with Gasteiger partial charge in [0.25, 0.3) is 0 Å². The monoisotopic (exact) mass is 292 g/mol. The van der Waals surface area contributed by atoms with Crippen LogP contribution in [0.5, 0.6) is 0 Å². The third-order valence-corrected chi connectivity index (χ3v) is 3.01. The SMILES string of the molecule is CN(C)C(CN)c1ccc(C(C)(C)C)cc1.Cl.Cl. The van der Waals surface area contributed by atoms with E-state index in [9.17, 15) is 0 Å². The molecule has 1 unspecified atom stereocenters. The van der Waals surface area contributed by atoms with Crippen molar-refractivity contribution in [1.29, 1.82) is 0 Å². The second-order valence-corrected chi connectivity index (χ2v) is 5.59. The molecule has 0 heterocycles. The van der Waals surface area contributed by atoms with Gasteiger partial charge in [-0.3, -0.25) is 0 Å². The Balaban J connectivity index is 0. The lowest BCUT2D eigenvalue weighted by molar-refractivity contribution is 0.306. The molecule has 0 spiro atoms. The molecule has 0 saturated heterocycles. The van der Waals surface area contributed by atoms with Crippen LogP contribution in [0.1, 0.15) is 37.9 Å². The third kappa shape index (κ3) is 5.15. The van der Waals surface area contributed by atoms with Gasteiger partial charge in [-0.25, -0.2) is 0 Å². The van der Waals surface area contributed by atoms with Gasteiger partial charge in [0.05, 0.1) is 0 Å². The van der Waals surface area contributed by atoms with Crippen molar-refractivity contribution in [2.45, 2.75) is 32.2 Å². The standard InChI is InChI=1S/C14H24N2.2ClH/c1-14(2,3)12-8-6-11(7-9-12)13(10-15)16(4)5;;/h6-9,13H,10,15H2,1-5H3;2*1H. The number of benzene rings is 1. The van der Waals surface area contributed by atoms with Gasteiger partial charge < -0.3 is 10.6 Å². The maximum absolute atomic E-state index is 5.79. The number of nitrogens with zero attached hydrogens (tertiary/aromatic N) is 1. The van der Waals surface area contributed by atoms with Gasteiger partial charge >= 0.3 is 0 Å². The van der Waals surface area contributed by atoms with E-state index in [1.807, 2.05) is 0 Å². The van der Waals surface area contributed by atoms with E-state index in [0.29, 0.717) is 12.6 Å². The lowest BCUT2D eigenvalue weighted by atomic mass is 9.86. The molecule has 0 fully saturated rings. The quantitative estimate of drug-likeness (QED) is 0.925. The van der Waals surface area contributed by atoms with Crippen molar-refractivity contribution in [3.63, 3.8) is 0 Å². The first kappa shape index (κ1) is 20.0. The van der Waals surface area contributed by atoms with E-state index in [0.717, 1.165) is 0 Å². The molecule has 2 nitrogen and oxygen atoms in total.